The Labute approximate surface area is 192 Å². The molecule has 1 aliphatic rings. The number of nitrogens with zero attached hydrogens (tertiary/aromatic N) is 4. The summed E-state index contributed by atoms with van der Waals surface area (Å²) in [6.45, 7) is 1.89. The van der Waals surface area contributed by atoms with Crippen LogP contribution in [-0.4, -0.2) is 31.3 Å². The van der Waals surface area contributed by atoms with Gasteiger partial charge in [-0.05, 0) is 37.3 Å². The zero-order valence-corrected chi connectivity index (χ0v) is 18.7. The number of amides is 1. The predicted molar refractivity (Wildman–Crippen MR) is 129 cm³/mol. The van der Waals surface area contributed by atoms with Crippen LogP contribution in [0.1, 0.15) is 6.92 Å². The molecule has 0 saturated heterocycles. The van der Waals surface area contributed by atoms with Gasteiger partial charge in [-0.25, -0.2) is 4.98 Å². The molecule has 0 fully saturated rings. The van der Waals surface area contributed by atoms with Crippen molar-refractivity contribution >= 4 is 62.9 Å². The lowest BCUT2D eigenvalue weighted by molar-refractivity contribution is -0.117. The normalized spacial score (nSPS) is 13.7. The van der Waals surface area contributed by atoms with Crippen molar-refractivity contribution in [3.05, 3.63) is 72.8 Å². The van der Waals surface area contributed by atoms with Crippen molar-refractivity contribution in [2.45, 2.75) is 27.1 Å². The molecule has 6 rings (SSSR count). The minimum atomic E-state index is -0.400. The molecule has 32 heavy (non-hydrogen) atoms. The second-order valence-corrected chi connectivity index (χ2v) is 9.83. The number of carbonyl (C=O) groups is 1. The lowest BCUT2D eigenvalue weighted by Crippen LogP contribution is -2.34. The summed E-state index contributed by atoms with van der Waals surface area (Å²) in [6.07, 6.45) is 0. The van der Waals surface area contributed by atoms with E-state index in [-0.39, 0.29) is 5.91 Å². The molecule has 156 valence electrons. The number of H-pyrrole nitrogens is 1. The van der Waals surface area contributed by atoms with Crippen LogP contribution in [0.4, 0.5) is 11.4 Å². The third-order valence-corrected chi connectivity index (χ3v) is 7.45. The highest BCUT2D eigenvalue weighted by Gasteiger charge is 2.31. The number of carbonyl (C=O) groups excluding carboxylic acids is 1. The highest BCUT2D eigenvalue weighted by atomic mass is 32.2. The number of aromatic nitrogens is 4. The van der Waals surface area contributed by atoms with E-state index < -0.39 is 5.25 Å². The number of nitrogens with one attached hydrogen (secondary N) is 1. The van der Waals surface area contributed by atoms with Gasteiger partial charge in [-0.2, -0.15) is 0 Å². The van der Waals surface area contributed by atoms with E-state index in [1.807, 2.05) is 84.6 Å². The number of benzene rings is 3. The summed E-state index contributed by atoms with van der Waals surface area (Å²) in [5.41, 5.74) is 4.18. The molecular formula is C24H17N5OS2. The van der Waals surface area contributed by atoms with E-state index in [4.69, 9.17) is 0 Å². The van der Waals surface area contributed by atoms with E-state index in [9.17, 15) is 4.79 Å². The molecule has 0 saturated carbocycles. The number of rotatable bonds is 3. The molecule has 3 heterocycles. The molecule has 1 unspecified atom stereocenters. The van der Waals surface area contributed by atoms with Gasteiger partial charge in [0.25, 0.3) is 0 Å². The first kappa shape index (κ1) is 19.3. The van der Waals surface area contributed by atoms with Crippen molar-refractivity contribution in [1.82, 2.24) is 20.2 Å². The number of fused-ring (bicyclic) bond motifs is 5. The highest BCUT2D eigenvalue weighted by molar-refractivity contribution is 8.00. The third kappa shape index (κ3) is 3.14. The third-order valence-electron chi connectivity index (χ3n) is 5.39. The first-order valence-corrected chi connectivity index (χ1v) is 11.9. The fraction of sp³-hybridized carbons (Fsp3) is 0.0833. The van der Waals surface area contributed by atoms with Gasteiger partial charge in [-0.1, -0.05) is 66.0 Å². The number of hydrogen-bond donors (Lipinski definition) is 1. The van der Waals surface area contributed by atoms with Gasteiger partial charge < -0.3 is 4.98 Å². The summed E-state index contributed by atoms with van der Waals surface area (Å²) >= 11 is 3.00. The average Bonchev–Trinajstić information content (AvgIpc) is 3.19. The molecular weight excluding hydrogens is 438 g/mol. The van der Waals surface area contributed by atoms with E-state index in [0.717, 1.165) is 37.6 Å². The predicted octanol–water partition coefficient (Wildman–Crippen LogP) is 5.82. The fourth-order valence-corrected chi connectivity index (χ4v) is 5.70. The van der Waals surface area contributed by atoms with Gasteiger partial charge in [0.05, 0.1) is 16.6 Å². The average molecular weight is 456 g/mol. The van der Waals surface area contributed by atoms with Crippen molar-refractivity contribution in [3.63, 3.8) is 0 Å². The van der Waals surface area contributed by atoms with Gasteiger partial charge in [-0.3, -0.25) is 9.69 Å². The standard InChI is InChI=1S/C24H17N5OS2/c1-14(31-24-26-22-21(27-28-24)15-8-2-3-9-16(15)25-22)23(30)29-17-10-4-6-12-19(17)32-20-13-7-5-11-18(20)29/h2-14H,1H3,(H,25,26,28). The van der Waals surface area contributed by atoms with Crippen LogP contribution in [0, 0.1) is 0 Å². The van der Waals surface area contributed by atoms with Gasteiger partial charge in [-0.15, -0.1) is 10.2 Å². The first-order chi connectivity index (χ1) is 15.7. The molecule has 0 aliphatic carbocycles. The molecule has 0 bridgehead atoms. The summed E-state index contributed by atoms with van der Waals surface area (Å²) in [6, 6.07) is 23.9. The molecule has 1 atom stereocenters. The van der Waals surface area contributed by atoms with Gasteiger partial charge in [0.1, 0.15) is 5.52 Å². The second kappa shape index (κ2) is 7.65. The fourth-order valence-electron chi connectivity index (χ4n) is 3.89. The molecule has 0 spiro atoms. The smallest absolute Gasteiger partial charge is 0.244 e. The molecule has 0 radical (unpaired) electrons. The zero-order valence-electron chi connectivity index (χ0n) is 17.0. The van der Waals surface area contributed by atoms with Gasteiger partial charge >= 0.3 is 0 Å². The Balaban J connectivity index is 1.34. The number of hydrogen-bond acceptors (Lipinski definition) is 6. The molecule has 1 amide bonds. The molecule has 1 aliphatic heterocycles. The summed E-state index contributed by atoms with van der Waals surface area (Å²) in [5, 5.41) is 9.72. The second-order valence-electron chi connectivity index (χ2n) is 7.43. The van der Waals surface area contributed by atoms with Crippen LogP contribution in [0.3, 0.4) is 0 Å². The maximum absolute atomic E-state index is 13.6. The van der Waals surface area contributed by atoms with Crippen LogP contribution in [0.5, 0.6) is 0 Å². The number of anilines is 2. The molecule has 1 N–H and O–H groups in total. The van der Waals surface area contributed by atoms with Gasteiger partial charge in [0.15, 0.2) is 5.65 Å². The quantitative estimate of drug-likeness (QED) is 0.346. The van der Waals surface area contributed by atoms with Crippen molar-refractivity contribution in [1.29, 1.82) is 0 Å². The van der Waals surface area contributed by atoms with E-state index in [1.165, 1.54) is 11.8 Å². The largest absolute Gasteiger partial charge is 0.338 e. The SMILES string of the molecule is CC(Sc1nnc2c(n1)[nH]c1ccccc12)C(=O)N1c2ccccc2Sc2ccccc21. The van der Waals surface area contributed by atoms with E-state index in [1.54, 1.807) is 11.8 Å². The molecule has 2 aromatic heterocycles. The summed E-state index contributed by atoms with van der Waals surface area (Å²) < 4.78 is 0. The minimum Gasteiger partial charge on any atom is -0.338 e. The van der Waals surface area contributed by atoms with Crippen LogP contribution in [0.25, 0.3) is 22.1 Å². The van der Waals surface area contributed by atoms with Crippen LogP contribution >= 0.6 is 23.5 Å². The zero-order chi connectivity index (χ0) is 21.7. The molecule has 8 heteroatoms. The monoisotopic (exact) mass is 455 g/mol. The van der Waals surface area contributed by atoms with Gasteiger partial charge in [0.2, 0.25) is 11.1 Å². The maximum atomic E-state index is 13.6. The number of para-hydroxylation sites is 3. The molecule has 5 aromatic rings. The summed E-state index contributed by atoms with van der Waals surface area (Å²) in [4.78, 5) is 25.5. The Bertz CT molecular complexity index is 1450. The highest BCUT2D eigenvalue weighted by Crippen LogP contribution is 2.48. The summed E-state index contributed by atoms with van der Waals surface area (Å²) in [7, 11) is 0. The number of aromatic amines is 1. The van der Waals surface area contributed by atoms with E-state index in [2.05, 4.69) is 20.2 Å². The molecule has 6 nitrogen and oxygen atoms in total. The first-order valence-electron chi connectivity index (χ1n) is 10.2. The minimum absolute atomic E-state index is 0.0180. The molecule has 3 aromatic carbocycles. The Hall–Kier alpha value is -3.36. The van der Waals surface area contributed by atoms with Crippen molar-refractivity contribution in [2.24, 2.45) is 0 Å². The topological polar surface area (TPSA) is 74.8 Å². The van der Waals surface area contributed by atoms with Gasteiger partial charge in [0, 0.05) is 20.7 Å². The lowest BCUT2D eigenvalue weighted by atomic mass is 10.2. The van der Waals surface area contributed by atoms with E-state index in [0.29, 0.717) is 10.8 Å². The summed E-state index contributed by atoms with van der Waals surface area (Å²) in [5.74, 6) is -0.0180. The Morgan fingerprint density at radius 2 is 1.59 bits per heavy atom. The lowest BCUT2D eigenvalue weighted by Gasteiger charge is -2.32. The van der Waals surface area contributed by atoms with Crippen LogP contribution in [-0.2, 0) is 4.79 Å². The maximum Gasteiger partial charge on any atom is 0.244 e. The van der Waals surface area contributed by atoms with Crippen LogP contribution < -0.4 is 4.90 Å². The van der Waals surface area contributed by atoms with Crippen molar-refractivity contribution < 1.29 is 4.79 Å². The Morgan fingerprint density at radius 3 is 2.34 bits per heavy atom. The number of thioether (sulfide) groups is 1. The van der Waals surface area contributed by atoms with E-state index >= 15 is 0 Å². The Morgan fingerprint density at radius 1 is 0.938 bits per heavy atom. The Kier molecular flexibility index (Phi) is 4.62. The van der Waals surface area contributed by atoms with Crippen molar-refractivity contribution in [3.8, 4) is 0 Å². The van der Waals surface area contributed by atoms with Crippen LogP contribution in [0.2, 0.25) is 0 Å². The van der Waals surface area contributed by atoms with Crippen LogP contribution in [0.15, 0.2) is 87.7 Å². The van der Waals surface area contributed by atoms with Crippen molar-refractivity contribution in [2.75, 3.05) is 4.90 Å².